The molecule has 9 heteroatoms. The zero-order valence-corrected chi connectivity index (χ0v) is 23.7. The molecular weight excluding hydrogens is 514 g/mol. The van der Waals surface area contributed by atoms with Crippen LogP contribution < -0.4 is 4.74 Å². The third-order valence-electron chi connectivity index (χ3n) is 6.23. The van der Waals surface area contributed by atoms with Gasteiger partial charge in [-0.25, -0.2) is 14.6 Å². The molecule has 204 valence electrons. The number of ether oxygens (including phenoxy) is 2. The number of carbonyl (C=O) groups is 2. The Morgan fingerprint density at radius 3 is 2.69 bits per heavy atom. The van der Waals surface area contributed by atoms with Gasteiger partial charge < -0.3 is 14.6 Å². The number of aliphatic hydroxyl groups is 1. The normalized spacial score (nSPS) is 14.6. The van der Waals surface area contributed by atoms with E-state index in [2.05, 4.69) is 9.83 Å². The van der Waals surface area contributed by atoms with Gasteiger partial charge in [0.05, 0.1) is 30.1 Å². The number of aromatic nitrogens is 1. The maximum absolute atomic E-state index is 13.1. The molecular formula is C30H33N3O5S. The Labute approximate surface area is 233 Å². The molecule has 0 unspecified atom stereocenters. The van der Waals surface area contributed by atoms with Crippen LogP contribution in [-0.4, -0.2) is 51.7 Å². The topological polar surface area (TPSA) is 93.3 Å². The largest absolute Gasteiger partial charge is 0.502 e. The van der Waals surface area contributed by atoms with Crippen LogP contribution in [0.3, 0.4) is 0 Å². The van der Waals surface area contributed by atoms with Crippen LogP contribution in [0.25, 0.3) is 25.9 Å². The Balaban J connectivity index is 1.65. The average Bonchev–Trinajstić information content (AvgIpc) is 3.53. The molecule has 0 aliphatic heterocycles. The molecule has 1 heterocycles. The lowest BCUT2D eigenvalue weighted by Gasteiger charge is -2.31. The van der Waals surface area contributed by atoms with Crippen molar-refractivity contribution in [2.24, 2.45) is 0 Å². The van der Waals surface area contributed by atoms with Gasteiger partial charge in [-0.15, -0.1) is 11.3 Å². The Hall–Kier alpha value is -3.74. The summed E-state index contributed by atoms with van der Waals surface area (Å²) in [4.78, 5) is 35.9. The smallest absolute Gasteiger partial charge is 0.411 e. The van der Waals surface area contributed by atoms with Crippen LogP contribution in [0.5, 0.6) is 5.75 Å². The van der Waals surface area contributed by atoms with E-state index in [0.29, 0.717) is 17.9 Å². The van der Waals surface area contributed by atoms with Crippen molar-refractivity contribution in [3.63, 3.8) is 0 Å². The summed E-state index contributed by atoms with van der Waals surface area (Å²) in [5.74, 6) is 0.114. The number of carbonyl (C=O) groups excluding carboxylic acids is 2. The molecule has 0 radical (unpaired) electrons. The van der Waals surface area contributed by atoms with Crippen molar-refractivity contribution in [2.75, 3.05) is 13.2 Å². The molecule has 1 atom stereocenters. The fraction of sp³-hybridized carbons (Fsp3) is 0.400. The summed E-state index contributed by atoms with van der Waals surface area (Å²) < 4.78 is 11.4. The highest BCUT2D eigenvalue weighted by molar-refractivity contribution is 7.18. The quantitative estimate of drug-likeness (QED) is 0.319. The predicted octanol–water partition coefficient (Wildman–Crippen LogP) is 6.60. The van der Waals surface area contributed by atoms with Gasteiger partial charge in [0.15, 0.2) is 5.78 Å². The lowest BCUT2D eigenvalue weighted by atomic mass is 10.0. The van der Waals surface area contributed by atoms with Crippen LogP contribution in [0, 0.1) is 6.57 Å². The molecule has 8 nitrogen and oxygen atoms in total. The van der Waals surface area contributed by atoms with Gasteiger partial charge in [-0.2, -0.15) is 0 Å². The van der Waals surface area contributed by atoms with E-state index < -0.39 is 24.1 Å². The van der Waals surface area contributed by atoms with E-state index in [-0.39, 0.29) is 18.7 Å². The maximum Gasteiger partial charge on any atom is 0.411 e. The van der Waals surface area contributed by atoms with Crippen LogP contribution >= 0.6 is 11.3 Å². The first-order valence-corrected chi connectivity index (χ1v) is 13.7. The number of Topliss-reactive ketones (excluding diaryl/α,β-unsaturated/α-hetero) is 1. The van der Waals surface area contributed by atoms with E-state index in [1.807, 2.05) is 50.4 Å². The minimum Gasteiger partial charge on any atom is -0.502 e. The highest BCUT2D eigenvalue weighted by Gasteiger charge is 2.36. The molecule has 1 amide bonds. The van der Waals surface area contributed by atoms with Crippen LogP contribution in [0.4, 0.5) is 10.5 Å². The van der Waals surface area contributed by atoms with Gasteiger partial charge in [-0.05, 0) is 76.3 Å². The van der Waals surface area contributed by atoms with E-state index in [0.717, 1.165) is 38.6 Å². The highest BCUT2D eigenvalue weighted by atomic mass is 32.1. The average molecular weight is 548 g/mol. The molecule has 0 saturated heterocycles. The van der Waals surface area contributed by atoms with Crippen LogP contribution in [-0.2, 0) is 16.0 Å². The molecule has 1 N–H and O–H groups in total. The summed E-state index contributed by atoms with van der Waals surface area (Å²) in [6.45, 7) is 15.9. The van der Waals surface area contributed by atoms with Crippen molar-refractivity contribution in [2.45, 2.75) is 65.2 Å². The van der Waals surface area contributed by atoms with Crippen molar-refractivity contribution < 1.29 is 24.2 Å². The minimum atomic E-state index is -0.716. The van der Waals surface area contributed by atoms with E-state index >= 15 is 0 Å². The number of hydrogen-bond donors (Lipinski definition) is 1. The SMILES string of the molecule is [C-]#[N+]c1cc(-c2ncc(-c3cccc4c3CC[C@H]4N(CC(=O)CO)C(=O)OC(C)(C)C)s2)ccc1OC(C)C. The number of fused-ring (bicyclic) bond motifs is 1. The molecule has 1 aliphatic carbocycles. The van der Waals surface area contributed by atoms with Crippen molar-refractivity contribution >= 4 is 28.9 Å². The molecule has 1 aliphatic rings. The van der Waals surface area contributed by atoms with Gasteiger partial charge in [0.25, 0.3) is 0 Å². The van der Waals surface area contributed by atoms with Crippen LogP contribution in [0.15, 0.2) is 42.6 Å². The number of rotatable bonds is 8. The lowest BCUT2D eigenvalue weighted by Crippen LogP contribution is -2.42. The zero-order valence-electron chi connectivity index (χ0n) is 22.9. The number of hydrogen-bond acceptors (Lipinski definition) is 7. The summed E-state index contributed by atoms with van der Waals surface area (Å²) in [6, 6.07) is 11.2. The predicted molar refractivity (Wildman–Crippen MR) is 151 cm³/mol. The first-order valence-electron chi connectivity index (χ1n) is 12.9. The van der Waals surface area contributed by atoms with E-state index in [4.69, 9.17) is 16.0 Å². The van der Waals surface area contributed by atoms with Crippen molar-refractivity contribution in [3.05, 3.63) is 65.1 Å². The molecule has 3 aromatic rings. The molecule has 0 bridgehead atoms. The summed E-state index contributed by atoms with van der Waals surface area (Å²) in [6.07, 6.45) is 2.59. The number of thiazole rings is 1. The highest BCUT2D eigenvalue weighted by Crippen LogP contribution is 2.44. The molecule has 0 saturated carbocycles. The Morgan fingerprint density at radius 2 is 2.03 bits per heavy atom. The van der Waals surface area contributed by atoms with Gasteiger partial charge in [-0.3, -0.25) is 9.69 Å². The second kappa shape index (κ2) is 11.6. The second-order valence-corrected chi connectivity index (χ2v) is 11.8. The summed E-state index contributed by atoms with van der Waals surface area (Å²) in [7, 11) is 0. The fourth-order valence-electron chi connectivity index (χ4n) is 4.67. The molecule has 39 heavy (non-hydrogen) atoms. The van der Waals surface area contributed by atoms with Crippen LogP contribution in [0.2, 0.25) is 0 Å². The number of amides is 1. The molecule has 2 aromatic carbocycles. The minimum absolute atomic E-state index is 0.0279. The third-order valence-corrected chi connectivity index (χ3v) is 7.31. The second-order valence-electron chi connectivity index (χ2n) is 10.7. The van der Waals surface area contributed by atoms with E-state index in [9.17, 15) is 14.7 Å². The van der Waals surface area contributed by atoms with Gasteiger partial charge in [0.1, 0.15) is 23.0 Å². The first-order chi connectivity index (χ1) is 18.5. The Morgan fingerprint density at radius 1 is 1.26 bits per heavy atom. The van der Waals surface area contributed by atoms with Gasteiger partial charge in [-0.1, -0.05) is 24.3 Å². The Kier molecular flexibility index (Phi) is 8.38. The third kappa shape index (κ3) is 6.47. The van der Waals surface area contributed by atoms with Gasteiger partial charge >= 0.3 is 6.09 Å². The number of benzene rings is 2. The van der Waals surface area contributed by atoms with E-state index in [1.54, 1.807) is 26.8 Å². The summed E-state index contributed by atoms with van der Waals surface area (Å²) >= 11 is 1.53. The van der Waals surface area contributed by atoms with Crippen molar-refractivity contribution in [1.82, 2.24) is 9.88 Å². The number of aliphatic hydroxyl groups excluding tert-OH is 1. The Bertz CT molecular complexity index is 1420. The van der Waals surface area contributed by atoms with Crippen molar-refractivity contribution in [3.8, 4) is 26.8 Å². The maximum atomic E-state index is 13.1. The first kappa shape index (κ1) is 28.3. The van der Waals surface area contributed by atoms with Crippen molar-refractivity contribution in [1.29, 1.82) is 0 Å². The molecule has 0 spiro atoms. The zero-order chi connectivity index (χ0) is 28.3. The number of ketones is 1. The van der Waals surface area contributed by atoms with Gasteiger partial charge in [0, 0.05) is 11.8 Å². The molecule has 4 rings (SSSR count). The fourth-order valence-corrected chi connectivity index (χ4v) is 5.64. The monoisotopic (exact) mass is 547 g/mol. The van der Waals surface area contributed by atoms with Crippen LogP contribution in [0.1, 0.15) is 58.2 Å². The lowest BCUT2D eigenvalue weighted by molar-refractivity contribution is -0.123. The summed E-state index contributed by atoms with van der Waals surface area (Å²) in [5, 5.41) is 10.1. The molecule has 0 fully saturated rings. The van der Waals surface area contributed by atoms with E-state index in [1.165, 1.54) is 16.2 Å². The van der Waals surface area contributed by atoms with Gasteiger partial charge in [0.2, 0.25) is 5.69 Å². The standard InChI is InChI=1S/C30H33N3O5S/c1-18(2)37-26-13-10-19(14-24(26)31-6)28-32-15-27(39-28)23-9-7-8-22-21(23)11-12-25(22)33(16-20(35)17-34)29(36)38-30(3,4)5/h7-10,13-15,18,25,34H,11-12,16-17H2,1-5H3/t25-/m1/s1. The number of nitrogens with zero attached hydrogens (tertiary/aromatic N) is 3. The summed E-state index contributed by atoms with van der Waals surface area (Å²) in [5.41, 5.74) is 3.67. The molecule has 1 aromatic heterocycles.